The average Bonchev–Trinajstić information content (AvgIpc) is 2.48. The van der Waals surface area contributed by atoms with Crippen molar-refractivity contribution in [1.82, 2.24) is 10.2 Å². The van der Waals surface area contributed by atoms with Crippen LogP contribution < -0.4 is 5.32 Å². The van der Waals surface area contributed by atoms with Crippen LogP contribution >= 0.6 is 0 Å². The second-order valence-electron chi connectivity index (χ2n) is 6.73. The van der Waals surface area contributed by atoms with Gasteiger partial charge in [0, 0.05) is 38.4 Å². The van der Waals surface area contributed by atoms with Gasteiger partial charge in [0.25, 0.3) is 0 Å². The summed E-state index contributed by atoms with van der Waals surface area (Å²) in [5.74, 6) is 0. The topological polar surface area (TPSA) is 24.5 Å². The first-order chi connectivity index (χ1) is 10.1. The van der Waals surface area contributed by atoms with Crippen LogP contribution in [0.1, 0.15) is 32.3 Å². The molecule has 0 saturated carbocycles. The Bertz CT molecular complexity index is 405. The van der Waals surface area contributed by atoms with Crippen LogP contribution in [0.3, 0.4) is 0 Å². The number of benzene rings is 1. The predicted octanol–water partition coefficient (Wildman–Crippen LogP) is 2.71. The Labute approximate surface area is 129 Å². The van der Waals surface area contributed by atoms with Crippen molar-refractivity contribution in [2.75, 3.05) is 33.4 Å². The summed E-state index contributed by atoms with van der Waals surface area (Å²) >= 11 is 0. The first-order valence-electron chi connectivity index (χ1n) is 8.13. The molecule has 1 aliphatic rings. The molecule has 3 heteroatoms. The molecule has 1 saturated heterocycles. The van der Waals surface area contributed by atoms with E-state index in [1.54, 1.807) is 7.11 Å². The lowest BCUT2D eigenvalue weighted by atomic mass is 9.94. The van der Waals surface area contributed by atoms with Gasteiger partial charge in [0.2, 0.25) is 0 Å². The Hall–Kier alpha value is -0.900. The molecular weight excluding hydrogens is 260 g/mol. The fourth-order valence-electron chi connectivity index (χ4n) is 3.06. The van der Waals surface area contributed by atoms with Crippen molar-refractivity contribution in [1.29, 1.82) is 0 Å². The summed E-state index contributed by atoms with van der Waals surface area (Å²) in [6.45, 7) is 8.93. The van der Waals surface area contributed by atoms with E-state index in [9.17, 15) is 0 Å². The van der Waals surface area contributed by atoms with Gasteiger partial charge >= 0.3 is 0 Å². The van der Waals surface area contributed by atoms with E-state index in [4.69, 9.17) is 4.74 Å². The van der Waals surface area contributed by atoms with Gasteiger partial charge in [-0.3, -0.25) is 4.90 Å². The number of ether oxygens (including phenoxy) is 1. The molecule has 1 fully saturated rings. The van der Waals surface area contributed by atoms with E-state index >= 15 is 0 Å². The fraction of sp³-hybridized carbons (Fsp3) is 0.667. The molecule has 1 N–H and O–H groups in total. The summed E-state index contributed by atoms with van der Waals surface area (Å²) in [6, 6.07) is 11.4. The largest absolute Gasteiger partial charge is 0.385 e. The quantitative estimate of drug-likeness (QED) is 0.782. The SMILES string of the molecule is COCCCCN1CC(Cc2ccccc2)NCC1(C)C. The van der Waals surface area contributed by atoms with Gasteiger partial charge in [-0.1, -0.05) is 30.3 Å². The molecule has 1 aliphatic heterocycles. The summed E-state index contributed by atoms with van der Waals surface area (Å²) < 4.78 is 5.15. The summed E-state index contributed by atoms with van der Waals surface area (Å²) in [7, 11) is 1.78. The van der Waals surface area contributed by atoms with Crippen LogP contribution in [0.15, 0.2) is 30.3 Å². The van der Waals surface area contributed by atoms with Gasteiger partial charge in [-0.05, 0) is 45.2 Å². The highest BCUT2D eigenvalue weighted by Crippen LogP contribution is 2.20. The summed E-state index contributed by atoms with van der Waals surface area (Å²) in [4.78, 5) is 2.65. The molecular formula is C18H30N2O. The molecule has 1 atom stereocenters. The smallest absolute Gasteiger partial charge is 0.0462 e. The minimum absolute atomic E-state index is 0.250. The van der Waals surface area contributed by atoms with Crippen LogP contribution in [0.25, 0.3) is 0 Å². The Morgan fingerprint density at radius 1 is 1.24 bits per heavy atom. The minimum atomic E-state index is 0.250. The van der Waals surface area contributed by atoms with Gasteiger partial charge in [-0.15, -0.1) is 0 Å². The van der Waals surface area contributed by atoms with Crippen LogP contribution in [0.2, 0.25) is 0 Å². The zero-order valence-corrected chi connectivity index (χ0v) is 13.8. The number of nitrogens with zero attached hydrogens (tertiary/aromatic N) is 1. The number of methoxy groups -OCH3 is 1. The maximum absolute atomic E-state index is 5.15. The van der Waals surface area contributed by atoms with E-state index in [1.807, 2.05) is 0 Å². The number of hydrogen-bond donors (Lipinski definition) is 1. The molecule has 0 aromatic heterocycles. The summed E-state index contributed by atoms with van der Waals surface area (Å²) in [5, 5.41) is 3.72. The first-order valence-corrected chi connectivity index (χ1v) is 8.13. The normalized spacial score (nSPS) is 22.3. The van der Waals surface area contributed by atoms with Crippen molar-refractivity contribution in [3.63, 3.8) is 0 Å². The highest BCUT2D eigenvalue weighted by Gasteiger charge is 2.33. The molecule has 0 bridgehead atoms. The van der Waals surface area contributed by atoms with E-state index in [0.717, 1.165) is 32.5 Å². The lowest BCUT2D eigenvalue weighted by Gasteiger charge is -2.46. The molecule has 3 nitrogen and oxygen atoms in total. The van der Waals surface area contributed by atoms with Gasteiger partial charge in [0.15, 0.2) is 0 Å². The average molecular weight is 290 g/mol. The van der Waals surface area contributed by atoms with E-state index < -0.39 is 0 Å². The molecule has 118 valence electrons. The zero-order chi connectivity index (χ0) is 15.1. The van der Waals surface area contributed by atoms with Crippen molar-refractivity contribution < 1.29 is 4.74 Å². The lowest BCUT2D eigenvalue weighted by Crippen LogP contribution is -2.62. The van der Waals surface area contributed by atoms with E-state index in [-0.39, 0.29) is 5.54 Å². The zero-order valence-electron chi connectivity index (χ0n) is 13.8. The first kappa shape index (κ1) is 16.5. The summed E-state index contributed by atoms with van der Waals surface area (Å²) in [6.07, 6.45) is 3.49. The molecule has 1 unspecified atom stereocenters. The molecule has 1 heterocycles. The maximum atomic E-state index is 5.15. The minimum Gasteiger partial charge on any atom is -0.385 e. The maximum Gasteiger partial charge on any atom is 0.0462 e. The molecule has 2 rings (SSSR count). The highest BCUT2D eigenvalue weighted by atomic mass is 16.5. The van der Waals surface area contributed by atoms with Crippen molar-refractivity contribution in [3.8, 4) is 0 Å². The lowest BCUT2D eigenvalue weighted by molar-refractivity contribution is 0.0620. The van der Waals surface area contributed by atoms with Crippen molar-refractivity contribution >= 4 is 0 Å². The fourth-order valence-corrected chi connectivity index (χ4v) is 3.06. The van der Waals surface area contributed by atoms with Crippen LogP contribution in [-0.4, -0.2) is 49.8 Å². The van der Waals surface area contributed by atoms with Crippen LogP contribution in [0, 0.1) is 0 Å². The highest BCUT2D eigenvalue weighted by molar-refractivity contribution is 5.16. The van der Waals surface area contributed by atoms with Gasteiger partial charge in [0.1, 0.15) is 0 Å². The molecule has 0 spiro atoms. The molecule has 0 aliphatic carbocycles. The van der Waals surface area contributed by atoms with Gasteiger partial charge in [-0.2, -0.15) is 0 Å². The predicted molar refractivity (Wildman–Crippen MR) is 88.7 cm³/mol. The number of rotatable bonds is 7. The van der Waals surface area contributed by atoms with Gasteiger partial charge in [-0.25, -0.2) is 0 Å². The van der Waals surface area contributed by atoms with E-state index in [1.165, 1.54) is 18.5 Å². The third-order valence-corrected chi connectivity index (χ3v) is 4.47. The van der Waals surface area contributed by atoms with Crippen molar-refractivity contribution in [3.05, 3.63) is 35.9 Å². The molecule has 1 aromatic carbocycles. The number of hydrogen-bond acceptors (Lipinski definition) is 3. The second kappa shape index (κ2) is 7.92. The van der Waals surface area contributed by atoms with Gasteiger partial charge in [0.05, 0.1) is 0 Å². The number of piperazine rings is 1. The van der Waals surface area contributed by atoms with Crippen LogP contribution in [-0.2, 0) is 11.2 Å². The van der Waals surface area contributed by atoms with Gasteiger partial charge < -0.3 is 10.1 Å². The Kier molecular flexibility index (Phi) is 6.22. The van der Waals surface area contributed by atoms with Crippen LogP contribution in [0.5, 0.6) is 0 Å². The monoisotopic (exact) mass is 290 g/mol. The number of nitrogens with one attached hydrogen (secondary N) is 1. The van der Waals surface area contributed by atoms with Crippen LogP contribution in [0.4, 0.5) is 0 Å². The third-order valence-electron chi connectivity index (χ3n) is 4.47. The van der Waals surface area contributed by atoms with E-state index in [2.05, 4.69) is 54.4 Å². The Morgan fingerprint density at radius 2 is 2.00 bits per heavy atom. The van der Waals surface area contributed by atoms with E-state index in [0.29, 0.717) is 6.04 Å². The molecule has 1 aromatic rings. The molecule has 21 heavy (non-hydrogen) atoms. The molecule has 0 amide bonds. The number of unbranched alkanes of at least 4 members (excludes halogenated alkanes) is 1. The summed E-state index contributed by atoms with van der Waals surface area (Å²) in [5.41, 5.74) is 1.68. The second-order valence-corrected chi connectivity index (χ2v) is 6.73. The standard InChI is InChI=1S/C18H30N2O/c1-18(2)15-19-17(13-16-9-5-4-6-10-16)14-20(18)11-7-8-12-21-3/h4-6,9-10,17,19H,7-8,11-15H2,1-3H3. The van der Waals surface area contributed by atoms with Crippen molar-refractivity contribution in [2.45, 2.75) is 44.7 Å². The van der Waals surface area contributed by atoms with Crippen molar-refractivity contribution in [2.24, 2.45) is 0 Å². The Balaban J connectivity index is 1.86. The third kappa shape index (κ3) is 5.10. The molecule has 0 radical (unpaired) electrons. The Morgan fingerprint density at radius 3 is 2.71 bits per heavy atom.